The summed E-state index contributed by atoms with van der Waals surface area (Å²) < 4.78 is 47.5. The van der Waals surface area contributed by atoms with Crippen LogP contribution in [0.5, 0.6) is 0 Å². The summed E-state index contributed by atoms with van der Waals surface area (Å²) in [5.74, 6) is -1.09. The van der Waals surface area contributed by atoms with Gasteiger partial charge in [-0.3, -0.25) is 9.80 Å². The number of ether oxygens (including phenoxy) is 1. The number of amides is 2. The number of likely N-dealkylation sites (N-methyl/N-ethyl adjacent to an activating group) is 1. The first-order chi connectivity index (χ1) is 18.6. The molecule has 0 aliphatic carbocycles. The maximum atomic E-state index is 14.1. The molecule has 0 spiro atoms. The van der Waals surface area contributed by atoms with Gasteiger partial charge < -0.3 is 10.1 Å². The summed E-state index contributed by atoms with van der Waals surface area (Å²) in [5, 5.41) is 3.27. The Hall–Kier alpha value is -2.99. The van der Waals surface area contributed by atoms with Gasteiger partial charge in [0.1, 0.15) is 5.82 Å². The summed E-state index contributed by atoms with van der Waals surface area (Å²) in [5.41, 5.74) is 1.11. The van der Waals surface area contributed by atoms with Crippen LogP contribution in [0.2, 0.25) is 5.02 Å². The minimum Gasteiger partial charge on any atom is -0.463 e. The highest BCUT2D eigenvalue weighted by Gasteiger charge is 2.40. The minimum atomic E-state index is -3.74. The number of carbonyl (C=O) groups excluding carboxylic acids is 2. The molecule has 1 saturated heterocycles. The average Bonchev–Trinajstić information content (AvgIpc) is 2.89. The van der Waals surface area contributed by atoms with Crippen molar-refractivity contribution in [2.45, 2.75) is 37.8 Å². The number of urea groups is 1. The average molecular weight is 579 g/mol. The van der Waals surface area contributed by atoms with Gasteiger partial charge in [-0.2, -0.15) is 4.31 Å². The Morgan fingerprint density at radius 3 is 2.49 bits per heavy atom. The van der Waals surface area contributed by atoms with Crippen molar-refractivity contribution in [3.05, 3.63) is 76.2 Å². The molecular formula is C27H32ClFN4O5S. The lowest BCUT2D eigenvalue weighted by Gasteiger charge is -2.42. The Kier molecular flexibility index (Phi) is 8.95. The molecule has 2 aromatic carbocycles. The summed E-state index contributed by atoms with van der Waals surface area (Å²) in [7, 11) is -3.74. The number of nitrogens with zero attached hydrogens (tertiary/aromatic N) is 3. The maximum absolute atomic E-state index is 14.1. The largest absolute Gasteiger partial charge is 0.463 e. The van der Waals surface area contributed by atoms with E-state index in [2.05, 4.69) is 5.32 Å². The molecule has 4 rings (SSSR count). The number of hydrogen-bond acceptors (Lipinski definition) is 6. The smallest absolute Gasteiger partial charge is 0.338 e. The van der Waals surface area contributed by atoms with Gasteiger partial charge in [0.05, 0.1) is 23.1 Å². The number of sulfonamides is 1. The van der Waals surface area contributed by atoms with Crippen molar-refractivity contribution in [1.29, 1.82) is 0 Å². The van der Waals surface area contributed by atoms with Crippen LogP contribution >= 0.6 is 11.6 Å². The minimum absolute atomic E-state index is 0.129. The highest BCUT2D eigenvalue weighted by atomic mass is 35.5. The number of esters is 1. The highest BCUT2D eigenvalue weighted by Crippen LogP contribution is 2.33. The molecule has 9 nitrogen and oxygen atoms in total. The molecule has 39 heavy (non-hydrogen) atoms. The van der Waals surface area contributed by atoms with Crippen LogP contribution in [0.25, 0.3) is 0 Å². The number of hydrogen-bond donors (Lipinski definition) is 1. The third-order valence-corrected chi connectivity index (χ3v) is 9.16. The maximum Gasteiger partial charge on any atom is 0.338 e. The van der Waals surface area contributed by atoms with Gasteiger partial charge in [0, 0.05) is 49.5 Å². The predicted octanol–water partition coefficient (Wildman–Crippen LogP) is 3.78. The van der Waals surface area contributed by atoms with E-state index in [0.29, 0.717) is 35.9 Å². The van der Waals surface area contributed by atoms with Crippen molar-refractivity contribution in [1.82, 2.24) is 19.4 Å². The molecule has 1 fully saturated rings. The van der Waals surface area contributed by atoms with Crippen LogP contribution in [0.3, 0.4) is 0 Å². The Morgan fingerprint density at radius 2 is 1.87 bits per heavy atom. The fourth-order valence-corrected chi connectivity index (χ4v) is 6.80. The first kappa shape index (κ1) is 29.0. The van der Waals surface area contributed by atoms with Crippen molar-refractivity contribution in [3.8, 4) is 0 Å². The second kappa shape index (κ2) is 12.0. The zero-order valence-corrected chi connectivity index (χ0v) is 23.6. The van der Waals surface area contributed by atoms with Gasteiger partial charge >= 0.3 is 12.0 Å². The quantitative estimate of drug-likeness (QED) is 0.479. The molecule has 2 heterocycles. The van der Waals surface area contributed by atoms with E-state index in [-0.39, 0.29) is 36.2 Å². The molecule has 2 amide bonds. The molecule has 0 bridgehead atoms. The first-order valence-corrected chi connectivity index (χ1v) is 14.6. The molecule has 1 N–H and O–H groups in total. The summed E-state index contributed by atoms with van der Waals surface area (Å²) >= 11 is 5.93. The van der Waals surface area contributed by atoms with Crippen LogP contribution in [-0.2, 0) is 19.6 Å². The SMILES string of the molecule is CCOC(=O)C1=C(CN2CCN(S(=O)(=O)c3ccc(Cl)cc3)C(C)C2)N(CC)C(=O)NC1c1cccc(F)c1. The summed E-state index contributed by atoms with van der Waals surface area (Å²) in [6.45, 7) is 6.91. The monoisotopic (exact) mass is 578 g/mol. The van der Waals surface area contributed by atoms with Crippen LogP contribution < -0.4 is 5.32 Å². The Labute approximate surface area is 233 Å². The van der Waals surface area contributed by atoms with Crippen LogP contribution in [0.15, 0.2) is 64.7 Å². The van der Waals surface area contributed by atoms with E-state index in [4.69, 9.17) is 16.3 Å². The van der Waals surface area contributed by atoms with Crippen molar-refractivity contribution in [2.24, 2.45) is 0 Å². The lowest BCUT2D eigenvalue weighted by molar-refractivity contribution is -0.139. The number of rotatable bonds is 8. The molecule has 2 aromatic rings. The van der Waals surface area contributed by atoms with Gasteiger partial charge in [0.25, 0.3) is 0 Å². The first-order valence-electron chi connectivity index (χ1n) is 12.8. The van der Waals surface area contributed by atoms with E-state index < -0.39 is 33.9 Å². The van der Waals surface area contributed by atoms with Gasteiger partial charge in [0.2, 0.25) is 10.0 Å². The molecule has 210 valence electrons. The Bertz CT molecular complexity index is 1370. The fraction of sp³-hybridized carbons (Fsp3) is 0.407. The van der Waals surface area contributed by atoms with Crippen molar-refractivity contribution in [2.75, 3.05) is 39.3 Å². The van der Waals surface area contributed by atoms with E-state index in [1.165, 1.54) is 39.5 Å². The Balaban J connectivity index is 1.65. The second-order valence-electron chi connectivity index (χ2n) is 9.42. The lowest BCUT2D eigenvalue weighted by Crippen LogP contribution is -2.56. The van der Waals surface area contributed by atoms with Crippen LogP contribution in [0.1, 0.15) is 32.4 Å². The standard InChI is InChI=1S/C27H32ClFN4O5S/c1-4-32-23(24(26(34)38-5-2)25(30-27(32)35)19-7-6-8-21(29)15-19)17-31-13-14-33(18(3)16-31)39(36,37)22-11-9-20(28)10-12-22/h6-12,15,18,25H,4-5,13-14,16-17H2,1-3H3,(H,30,35). The topological polar surface area (TPSA) is 99.3 Å². The summed E-state index contributed by atoms with van der Waals surface area (Å²) in [6.07, 6.45) is 0. The van der Waals surface area contributed by atoms with Crippen LogP contribution in [-0.4, -0.2) is 79.9 Å². The van der Waals surface area contributed by atoms with E-state index >= 15 is 0 Å². The molecule has 0 saturated carbocycles. The molecule has 2 aliphatic heterocycles. The molecule has 0 radical (unpaired) electrons. The van der Waals surface area contributed by atoms with Gasteiger partial charge in [0.15, 0.2) is 0 Å². The second-order valence-corrected chi connectivity index (χ2v) is 11.7. The predicted molar refractivity (Wildman–Crippen MR) is 145 cm³/mol. The number of carbonyl (C=O) groups is 2. The van der Waals surface area contributed by atoms with Gasteiger partial charge in [-0.25, -0.2) is 22.4 Å². The zero-order chi connectivity index (χ0) is 28.3. The molecule has 2 unspecified atom stereocenters. The van der Waals surface area contributed by atoms with Crippen LogP contribution in [0, 0.1) is 5.82 Å². The third kappa shape index (κ3) is 6.11. The molecule has 0 aromatic heterocycles. The van der Waals surface area contributed by atoms with E-state index in [1.807, 2.05) is 11.8 Å². The number of benzene rings is 2. The highest BCUT2D eigenvalue weighted by molar-refractivity contribution is 7.89. The number of nitrogens with one attached hydrogen (secondary N) is 1. The molecule has 2 atom stereocenters. The summed E-state index contributed by atoms with van der Waals surface area (Å²) in [4.78, 5) is 30.0. The van der Waals surface area contributed by atoms with Crippen molar-refractivity contribution < 1.29 is 27.1 Å². The Morgan fingerprint density at radius 1 is 1.15 bits per heavy atom. The van der Waals surface area contributed by atoms with Gasteiger partial charge in [-0.1, -0.05) is 23.7 Å². The third-order valence-electron chi connectivity index (χ3n) is 6.88. The molecule has 12 heteroatoms. The molecule has 2 aliphatic rings. The lowest BCUT2D eigenvalue weighted by atomic mass is 9.94. The van der Waals surface area contributed by atoms with Crippen LogP contribution in [0.4, 0.5) is 9.18 Å². The summed E-state index contributed by atoms with van der Waals surface area (Å²) in [6, 6.07) is 10.1. The van der Waals surface area contributed by atoms with E-state index in [9.17, 15) is 22.4 Å². The number of halogens is 2. The number of piperazine rings is 1. The van der Waals surface area contributed by atoms with Gasteiger partial charge in [-0.05, 0) is 62.7 Å². The van der Waals surface area contributed by atoms with Gasteiger partial charge in [-0.15, -0.1) is 0 Å². The van der Waals surface area contributed by atoms with Crippen molar-refractivity contribution in [3.63, 3.8) is 0 Å². The fourth-order valence-electron chi connectivity index (χ4n) is 5.06. The normalized spacial score (nSPS) is 21.2. The van der Waals surface area contributed by atoms with E-state index in [0.717, 1.165) is 0 Å². The van der Waals surface area contributed by atoms with Crippen molar-refractivity contribution >= 4 is 33.6 Å². The van der Waals surface area contributed by atoms with E-state index in [1.54, 1.807) is 32.0 Å². The molecular weight excluding hydrogens is 547 g/mol. The zero-order valence-electron chi connectivity index (χ0n) is 22.1.